The van der Waals surface area contributed by atoms with Crippen molar-refractivity contribution in [3.63, 3.8) is 0 Å². The van der Waals surface area contributed by atoms with Crippen LogP contribution >= 0.6 is 0 Å². The van der Waals surface area contributed by atoms with Gasteiger partial charge in [0.1, 0.15) is 11.4 Å². The molecule has 2 aromatic carbocycles. The molecule has 0 spiro atoms. The van der Waals surface area contributed by atoms with Crippen LogP contribution in [0.25, 0.3) is 0 Å². The third-order valence-corrected chi connectivity index (χ3v) is 4.50. The number of benzene rings is 2. The number of non-ortho nitro benzene ring substituents is 1. The minimum absolute atomic E-state index is 0.0422. The SMILES string of the molecule is COc1ccccc1C(C)=NOc1cc(NC2=CC(=O)N(CCO)C2=O)cc([N+](=O)[O-])c1. The molecule has 2 aromatic rings. The topological polar surface area (TPSA) is 144 Å². The highest BCUT2D eigenvalue weighted by Crippen LogP contribution is 2.28. The standard InChI is InChI=1S/C21H20N4O7/c1-13(17-5-3-4-6-19(17)31-2)23-32-16-10-14(9-15(11-16)25(29)30)22-18-12-20(27)24(7-8-26)21(18)28/h3-6,9-12,22,26H,7-8H2,1-2H3. The fourth-order valence-corrected chi connectivity index (χ4v) is 2.99. The number of carbonyl (C=O) groups is 2. The highest BCUT2D eigenvalue weighted by Gasteiger charge is 2.31. The van der Waals surface area contributed by atoms with E-state index in [1.165, 1.54) is 25.3 Å². The number of imide groups is 1. The Morgan fingerprint density at radius 2 is 2.00 bits per heavy atom. The molecule has 0 aromatic heterocycles. The summed E-state index contributed by atoms with van der Waals surface area (Å²) >= 11 is 0. The Balaban J connectivity index is 1.85. The molecule has 0 fully saturated rings. The number of nitrogens with one attached hydrogen (secondary N) is 1. The van der Waals surface area contributed by atoms with Crippen molar-refractivity contribution in [1.29, 1.82) is 0 Å². The quantitative estimate of drug-likeness (QED) is 0.261. The number of rotatable bonds is 9. The highest BCUT2D eigenvalue weighted by molar-refractivity contribution is 6.17. The van der Waals surface area contributed by atoms with E-state index in [9.17, 15) is 19.7 Å². The van der Waals surface area contributed by atoms with Gasteiger partial charge < -0.3 is 20.0 Å². The Morgan fingerprint density at radius 1 is 1.25 bits per heavy atom. The number of ether oxygens (including phenoxy) is 1. The number of hydrogen-bond donors (Lipinski definition) is 2. The number of nitro groups is 1. The molecule has 0 radical (unpaired) electrons. The lowest BCUT2D eigenvalue weighted by Gasteiger charge is -2.13. The summed E-state index contributed by atoms with van der Waals surface area (Å²) in [6, 6.07) is 10.9. The molecule has 2 amide bonds. The van der Waals surface area contributed by atoms with Crippen molar-refractivity contribution in [2.24, 2.45) is 5.16 Å². The maximum atomic E-state index is 12.3. The monoisotopic (exact) mass is 440 g/mol. The minimum Gasteiger partial charge on any atom is -0.496 e. The van der Waals surface area contributed by atoms with Gasteiger partial charge in [0.05, 0.1) is 37.0 Å². The molecule has 0 atom stereocenters. The van der Waals surface area contributed by atoms with Gasteiger partial charge in [0.15, 0.2) is 5.75 Å². The summed E-state index contributed by atoms with van der Waals surface area (Å²) in [6.07, 6.45) is 1.06. The highest BCUT2D eigenvalue weighted by atomic mass is 16.6. The van der Waals surface area contributed by atoms with Crippen LogP contribution in [0.2, 0.25) is 0 Å². The van der Waals surface area contributed by atoms with E-state index in [1.807, 2.05) is 0 Å². The second-order valence-corrected chi connectivity index (χ2v) is 6.64. The largest absolute Gasteiger partial charge is 0.496 e. The van der Waals surface area contributed by atoms with Crippen LogP contribution in [0.1, 0.15) is 12.5 Å². The molecule has 0 saturated heterocycles. The lowest BCUT2D eigenvalue weighted by Crippen LogP contribution is -2.34. The number of amides is 2. The average Bonchev–Trinajstić information content (AvgIpc) is 3.04. The van der Waals surface area contributed by atoms with E-state index < -0.39 is 16.7 Å². The Hall–Kier alpha value is -4.25. The van der Waals surface area contributed by atoms with Gasteiger partial charge in [-0.2, -0.15) is 0 Å². The molecule has 2 N–H and O–H groups in total. The first-order valence-corrected chi connectivity index (χ1v) is 9.44. The summed E-state index contributed by atoms with van der Waals surface area (Å²) in [6.45, 7) is 1.16. The number of para-hydroxylation sites is 1. The fourth-order valence-electron chi connectivity index (χ4n) is 2.99. The Bertz CT molecular complexity index is 1130. The lowest BCUT2D eigenvalue weighted by molar-refractivity contribution is -0.384. The van der Waals surface area contributed by atoms with Crippen LogP contribution in [0.5, 0.6) is 11.5 Å². The van der Waals surface area contributed by atoms with E-state index in [0.29, 0.717) is 17.0 Å². The number of oxime groups is 1. The summed E-state index contributed by atoms with van der Waals surface area (Å²) in [4.78, 5) is 41.2. The second kappa shape index (κ2) is 9.71. The summed E-state index contributed by atoms with van der Waals surface area (Å²) < 4.78 is 5.29. The summed E-state index contributed by atoms with van der Waals surface area (Å²) in [7, 11) is 1.52. The third-order valence-electron chi connectivity index (χ3n) is 4.50. The molecule has 166 valence electrons. The smallest absolute Gasteiger partial charge is 0.277 e. The van der Waals surface area contributed by atoms with Crippen LogP contribution in [0, 0.1) is 10.1 Å². The number of anilines is 1. The van der Waals surface area contributed by atoms with E-state index in [4.69, 9.17) is 14.7 Å². The van der Waals surface area contributed by atoms with Crippen molar-refractivity contribution < 1.29 is 29.2 Å². The number of nitrogens with zero attached hydrogens (tertiary/aromatic N) is 3. The number of hydrogen-bond acceptors (Lipinski definition) is 9. The van der Waals surface area contributed by atoms with Crippen LogP contribution in [-0.4, -0.2) is 52.7 Å². The normalized spacial score (nSPS) is 13.8. The zero-order valence-electron chi connectivity index (χ0n) is 17.3. The average molecular weight is 440 g/mol. The van der Waals surface area contributed by atoms with Crippen molar-refractivity contribution in [2.75, 3.05) is 25.6 Å². The van der Waals surface area contributed by atoms with Crippen LogP contribution < -0.4 is 14.9 Å². The number of aliphatic hydroxyl groups excluding tert-OH is 1. The van der Waals surface area contributed by atoms with E-state index in [1.54, 1.807) is 31.2 Å². The number of nitro benzene ring substituents is 1. The van der Waals surface area contributed by atoms with Gasteiger partial charge in [0, 0.05) is 29.5 Å². The first-order valence-electron chi connectivity index (χ1n) is 9.44. The maximum Gasteiger partial charge on any atom is 0.277 e. The van der Waals surface area contributed by atoms with Crippen molar-refractivity contribution in [2.45, 2.75) is 6.92 Å². The van der Waals surface area contributed by atoms with Gasteiger partial charge >= 0.3 is 0 Å². The van der Waals surface area contributed by atoms with Crippen molar-refractivity contribution >= 4 is 28.9 Å². The van der Waals surface area contributed by atoms with Gasteiger partial charge in [-0.1, -0.05) is 17.3 Å². The molecule has 3 rings (SSSR count). The lowest BCUT2D eigenvalue weighted by atomic mass is 10.1. The Labute approximate surface area is 182 Å². The zero-order chi connectivity index (χ0) is 23.3. The Morgan fingerprint density at radius 3 is 2.69 bits per heavy atom. The van der Waals surface area contributed by atoms with Gasteiger partial charge in [0.25, 0.3) is 17.5 Å². The van der Waals surface area contributed by atoms with E-state index in [0.717, 1.165) is 11.0 Å². The first kappa shape index (κ1) is 22.4. The Kier molecular flexibility index (Phi) is 6.80. The molecule has 0 saturated carbocycles. The van der Waals surface area contributed by atoms with E-state index >= 15 is 0 Å². The van der Waals surface area contributed by atoms with Gasteiger partial charge in [-0.15, -0.1) is 0 Å². The predicted octanol–water partition coefficient (Wildman–Crippen LogP) is 2.06. The first-order chi connectivity index (χ1) is 15.3. The summed E-state index contributed by atoms with van der Waals surface area (Å²) in [5.41, 5.74) is 0.922. The van der Waals surface area contributed by atoms with Crippen molar-refractivity contribution in [3.8, 4) is 11.5 Å². The van der Waals surface area contributed by atoms with E-state index in [-0.39, 0.29) is 36.0 Å². The van der Waals surface area contributed by atoms with Crippen molar-refractivity contribution in [3.05, 3.63) is 69.9 Å². The summed E-state index contributed by atoms with van der Waals surface area (Å²) in [5, 5.41) is 27.0. The molecule has 0 bridgehead atoms. The number of aliphatic hydroxyl groups is 1. The molecule has 11 nitrogen and oxygen atoms in total. The summed E-state index contributed by atoms with van der Waals surface area (Å²) in [5.74, 6) is -0.614. The van der Waals surface area contributed by atoms with Crippen LogP contribution in [0.4, 0.5) is 11.4 Å². The second-order valence-electron chi connectivity index (χ2n) is 6.64. The van der Waals surface area contributed by atoms with Crippen LogP contribution in [0.3, 0.4) is 0 Å². The zero-order valence-corrected chi connectivity index (χ0v) is 17.3. The molecule has 0 aliphatic carbocycles. The fraction of sp³-hybridized carbons (Fsp3) is 0.190. The van der Waals surface area contributed by atoms with Gasteiger partial charge in [0.2, 0.25) is 0 Å². The van der Waals surface area contributed by atoms with Crippen molar-refractivity contribution in [1.82, 2.24) is 4.90 Å². The number of β-amino-alcohol motifs (C(OH)–C–C–N with tert-alkyl or cyclic N) is 1. The number of methoxy groups -OCH3 is 1. The van der Waals surface area contributed by atoms with Gasteiger partial charge in [-0.05, 0) is 19.1 Å². The molecule has 1 heterocycles. The van der Waals surface area contributed by atoms with Crippen LogP contribution in [0.15, 0.2) is 59.4 Å². The number of carbonyl (C=O) groups excluding carboxylic acids is 2. The molecule has 11 heteroatoms. The molecule has 32 heavy (non-hydrogen) atoms. The molecular weight excluding hydrogens is 420 g/mol. The molecule has 1 aliphatic heterocycles. The van der Waals surface area contributed by atoms with Crippen LogP contribution in [-0.2, 0) is 9.59 Å². The molecule has 1 aliphatic rings. The van der Waals surface area contributed by atoms with E-state index in [2.05, 4.69) is 10.5 Å². The third kappa shape index (κ3) is 4.90. The maximum absolute atomic E-state index is 12.3. The predicted molar refractivity (Wildman–Crippen MR) is 114 cm³/mol. The minimum atomic E-state index is -0.650. The van der Waals surface area contributed by atoms with Gasteiger partial charge in [-0.25, -0.2) is 0 Å². The van der Waals surface area contributed by atoms with Gasteiger partial charge in [-0.3, -0.25) is 24.6 Å². The molecule has 0 unspecified atom stereocenters. The molecular formula is C21H20N4O7.